The second-order valence-electron chi connectivity index (χ2n) is 4.64. The summed E-state index contributed by atoms with van der Waals surface area (Å²) in [6, 6.07) is -1.64. The van der Waals surface area contributed by atoms with Crippen molar-refractivity contribution < 1.29 is 39.3 Å². The Morgan fingerprint density at radius 3 is 1.38 bits per heavy atom. The van der Waals surface area contributed by atoms with Crippen molar-refractivity contribution in [2.24, 2.45) is 11.5 Å². The fourth-order valence-electron chi connectivity index (χ4n) is 1.70. The van der Waals surface area contributed by atoms with Crippen molar-refractivity contribution in [2.75, 3.05) is 13.1 Å². The molecule has 120 valence electrons. The van der Waals surface area contributed by atoms with Crippen LogP contribution in [0.2, 0.25) is 0 Å². The number of hydrogen-bond donors (Lipinski definition) is 6. The fourth-order valence-corrected chi connectivity index (χ4v) is 1.70. The molecule has 0 saturated carbocycles. The third-order valence-electron chi connectivity index (χ3n) is 2.92. The van der Waals surface area contributed by atoms with Gasteiger partial charge in [0.2, 0.25) is 0 Å². The van der Waals surface area contributed by atoms with E-state index in [0.717, 1.165) is 12.8 Å². The second-order valence-corrected chi connectivity index (χ2v) is 4.64. The number of nitrogens with one attached hydrogen (secondary N) is 2. The zero-order chi connectivity index (χ0) is 15.4. The van der Waals surface area contributed by atoms with E-state index >= 15 is 0 Å². The van der Waals surface area contributed by atoms with Gasteiger partial charge in [0.15, 0.2) is 0 Å². The van der Waals surface area contributed by atoms with Crippen LogP contribution in [0.15, 0.2) is 0 Å². The van der Waals surface area contributed by atoms with Gasteiger partial charge in [-0.1, -0.05) is 0 Å². The largest absolute Gasteiger partial charge is 0.480 e. The molecule has 0 heterocycles. The first-order valence-corrected chi connectivity index (χ1v) is 6.89. The molecule has 0 rings (SSSR count). The standard InChI is InChI=1S/C12H26N4O4.Zn/c13-7-3-1-5-9(11(17)18)15-16-10(12(19)20)6-2-4-8-14;/h9-10,15-16H,1-8,13-14H2,(H,17,18)(H,19,20);/t9-,10-;/m0./s1. The van der Waals surface area contributed by atoms with Gasteiger partial charge >= 0.3 is 11.9 Å². The first-order chi connectivity index (χ1) is 9.52. The Balaban J connectivity index is 0. The molecule has 9 heteroatoms. The molecule has 0 bridgehead atoms. The molecule has 0 aromatic carbocycles. The molecule has 0 unspecified atom stereocenters. The average Bonchev–Trinajstić information content (AvgIpc) is 2.39. The Kier molecular flexibility index (Phi) is 15.5. The van der Waals surface area contributed by atoms with Crippen LogP contribution in [-0.2, 0) is 29.1 Å². The number of carboxylic acids is 2. The molecule has 2 atom stereocenters. The summed E-state index contributed by atoms with van der Waals surface area (Å²) in [6.07, 6.45) is 3.62. The first kappa shape index (κ1) is 22.7. The number of unbranched alkanes of at least 4 members (excludes halogenated alkanes) is 2. The quantitative estimate of drug-likeness (QED) is 0.143. The predicted molar refractivity (Wildman–Crippen MR) is 74.9 cm³/mol. The van der Waals surface area contributed by atoms with Crippen molar-refractivity contribution in [3.05, 3.63) is 0 Å². The Morgan fingerprint density at radius 2 is 1.14 bits per heavy atom. The summed E-state index contributed by atoms with van der Waals surface area (Å²) >= 11 is 0. The summed E-state index contributed by atoms with van der Waals surface area (Å²) in [5.74, 6) is -2.03. The van der Waals surface area contributed by atoms with Gasteiger partial charge in [-0.25, -0.2) is 10.9 Å². The van der Waals surface area contributed by atoms with Crippen LogP contribution in [0.5, 0.6) is 0 Å². The fraction of sp³-hybridized carbons (Fsp3) is 0.833. The SMILES string of the molecule is NCCCC[C@H](NN[C@@H](CCCCN)C(=O)O)C(=O)O.[Zn]. The van der Waals surface area contributed by atoms with Crippen molar-refractivity contribution in [2.45, 2.75) is 50.6 Å². The summed E-state index contributed by atoms with van der Waals surface area (Å²) in [4.78, 5) is 22.1. The molecular formula is C12H26N4O4Zn. The second kappa shape index (κ2) is 14.3. The van der Waals surface area contributed by atoms with E-state index in [2.05, 4.69) is 10.9 Å². The van der Waals surface area contributed by atoms with Crippen molar-refractivity contribution in [3.8, 4) is 0 Å². The van der Waals surface area contributed by atoms with E-state index in [0.29, 0.717) is 38.8 Å². The molecule has 0 aliphatic carbocycles. The first-order valence-electron chi connectivity index (χ1n) is 6.89. The van der Waals surface area contributed by atoms with Crippen LogP contribution in [0.4, 0.5) is 0 Å². The molecule has 0 radical (unpaired) electrons. The maximum Gasteiger partial charge on any atom is 0.322 e. The molecule has 0 spiro atoms. The molecular weight excluding hydrogens is 330 g/mol. The molecule has 0 fully saturated rings. The van der Waals surface area contributed by atoms with Crippen LogP contribution in [0.25, 0.3) is 0 Å². The minimum absolute atomic E-state index is 0. The van der Waals surface area contributed by atoms with Crippen LogP contribution < -0.4 is 22.3 Å². The van der Waals surface area contributed by atoms with E-state index in [1.165, 1.54) is 0 Å². The van der Waals surface area contributed by atoms with Gasteiger partial charge in [0, 0.05) is 19.5 Å². The van der Waals surface area contributed by atoms with E-state index in [1.807, 2.05) is 0 Å². The third-order valence-corrected chi connectivity index (χ3v) is 2.92. The predicted octanol–water partition coefficient (Wildman–Crippen LogP) is -0.757. The van der Waals surface area contributed by atoms with Crippen LogP contribution in [0.3, 0.4) is 0 Å². The van der Waals surface area contributed by atoms with Gasteiger partial charge in [-0.15, -0.1) is 0 Å². The van der Waals surface area contributed by atoms with Crippen molar-refractivity contribution >= 4 is 11.9 Å². The Morgan fingerprint density at radius 1 is 0.810 bits per heavy atom. The van der Waals surface area contributed by atoms with Gasteiger partial charge in [0.05, 0.1) is 0 Å². The summed E-state index contributed by atoms with van der Waals surface area (Å²) in [5.41, 5.74) is 15.9. The average molecular weight is 356 g/mol. The van der Waals surface area contributed by atoms with Gasteiger partial charge in [-0.05, 0) is 51.6 Å². The summed E-state index contributed by atoms with van der Waals surface area (Å²) in [7, 11) is 0. The zero-order valence-corrected chi connectivity index (χ0v) is 15.4. The molecule has 0 amide bonds. The smallest absolute Gasteiger partial charge is 0.322 e. The normalized spacial score (nSPS) is 13.2. The van der Waals surface area contributed by atoms with Crippen molar-refractivity contribution in [3.63, 3.8) is 0 Å². The van der Waals surface area contributed by atoms with Crippen molar-refractivity contribution in [1.29, 1.82) is 0 Å². The maximum atomic E-state index is 11.0. The summed E-state index contributed by atoms with van der Waals surface area (Å²) in [6.45, 7) is 1.02. The number of aliphatic carboxylic acids is 2. The van der Waals surface area contributed by atoms with Crippen LogP contribution in [0, 0.1) is 0 Å². The van der Waals surface area contributed by atoms with Crippen molar-refractivity contribution in [1.82, 2.24) is 10.9 Å². The Labute approximate surface area is 137 Å². The van der Waals surface area contributed by atoms with E-state index < -0.39 is 24.0 Å². The topological polar surface area (TPSA) is 151 Å². The van der Waals surface area contributed by atoms with E-state index in [1.54, 1.807) is 0 Å². The molecule has 21 heavy (non-hydrogen) atoms. The number of carboxylic acid groups (broad SMARTS) is 2. The van der Waals surface area contributed by atoms with Gasteiger partial charge in [0.25, 0.3) is 0 Å². The molecule has 0 aromatic heterocycles. The molecule has 8 N–H and O–H groups in total. The van der Waals surface area contributed by atoms with Gasteiger partial charge in [0.1, 0.15) is 12.1 Å². The van der Waals surface area contributed by atoms with Crippen LogP contribution in [-0.4, -0.2) is 47.3 Å². The van der Waals surface area contributed by atoms with Gasteiger partial charge in [-0.2, -0.15) is 0 Å². The van der Waals surface area contributed by atoms with Gasteiger partial charge in [-0.3, -0.25) is 9.59 Å². The van der Waals surface area contributed by atoms with E-state index in [-0.39, 0.29) is 19.5 Å². The molecule has 0 aliphatic rings. The number of nitrogens with two attached hydrogens (primary N) is 2. The number of rotatable bonds is 13. The summed E-state index contributed by atoms with van der Waals surface area (Å²) < 4.78 is 0. The zero-order valence-electron chi connectivity index (χ0n) is 12.4. The third kappa shape index (κ3) is 11.7. The Hall–Kier alpha value is -0.597. The minimum Gasteiger partial charge on any atom is -0.480 e. The summed E-state index contributed by atoms with van der Waals surface area (Å²) in [5, 5.41) is 18.1. The molecule has 0 saturated heterocycles. The van der Waals surface area contributed by atoms with Gasteiger partial charge < -0.3 is 21.7 Å². The Bertz CT molecular complexity index is 266. The maximum absolute atomic E-state index is 11.0. The van der Waals surface area contributed by atoms with E-state index in [9.17, 15) is 9.59 Å². The van der Waals surface area contributed by atoms with Crippen LogP contribution >= 0.6 is 0 Å². The molecule has 0 aromatic rings. The molecule has 0 aliphatic heterocycles. The minimum atomic E-state index is -1.01. The molecule has 8 nitrogen and oxygen atoms in total. The van der Waals surface area contributed by atoms with E-state index in [4.69, 9.17) is 21.7 Å². The number of hydrazine groups is 1. The monoisotopic (exact) mass is 354 g/mol. The number of carbonyl (C=O) groups is 2. The van der Waals surface area contributed by atoms with Crippen LogP contribution in [0.1, 0.15) is 38.5 Å². The number of hydrogen-bond acceptors (Lipinski definition) is 6.